The maximum Gasteiger partial charge on any atom is 0.220 e. The van der Waals surface area contributed by atoms with E-state index in [1.54, 1.807) is 6.08 Å². The van der Waals surface area contributed by atoms with Gasteiger partial charge in [-0.25, -0.2) is 0 Å². The number of aliphatic hydroxyl groups is 8. The zero-order chi connectivity index (χ0) is 58.8. The fraction of sp³-hybridized carbons (Fsp3) is 0.836. The van der Waals surface area contributed by atoms with Crippen LogP contribution in [0.25, 0.3) is 0 Å². The molecule has 0 bridgehead atoms. The van der Waals surface area contributed by atoms with Crippen LogP contribution in [0.1, 0.15) is 264 Å². The third-order valence-electron chi connectivity index (χ3n) is 15.9. The third-order valence-corrected chi connectivity index (χ3v) is 15.9. The Labute approximate surface area is 492 Å². The van der Waals surface area contributed by atoms with E-state index >= 15 is 0 Å². The van der Waals surface area contributed by atoms with E-state index in [1.807, 2.05) is 6.08 Å². The van der Waals surface area contributed by atoms with E-state index in [4.69, 9.17) is 18.9 Å². The second-order valence-corrected chi connectivity index (χ2v) is 23.2. The number of rotatable bonds is 53. The van der Waals surface area contributed by atoms with Crippen LogP contribution in [0.2, 0.25) is 0 Å². The fourth-order valence-corrected chi connectivity index (χ4v) is 10.6. The molecule has 0 spiro atoms. The second kappa shape index (κ2) is 52.1. The lowest BCUT2D eigenvalue weighted by atomic mass is 9.97. The van der Waals surface area contributed by atoms with Gasteiger partial charge in [-0.1, -0.05) is 242 Å². The van der Waals surface area contributed by atoms with E-state index in [2.05, 4.69) is 67.8 Å². The van der Waals surface area contributed by atoms with Gasteiger partial charge in [0.25, 0.3) is 0 Å². The van der Waals surface area contributed by atoms with Gasteiger partial charge in [-0.3, -0.25) is 4.79 Å². The zero-order valence-corrected chi connectivity index (χ0v) is 51.0. The molecule has 14 heteroatoms. The van der Waals surface area contributed by atoms with E-state index in [-0.39, 0.29) is 18.9 Å². The molecule has 2 saturated heterocycles. The molecule has 1 amide bonds. The number of aliphatic hydroxyl groups excluding tert-OH is 8. The molecule has 0 saturated carbocycles. The maximum atomic E-state index is 13.3. The molecule has 2 fully saturated rings. The highest BCUT2D eigenvalue weighted by Crippen LogP contribution is 2.30. The average Bonchev–Trinajstić information content (AvgIpc) is 3.62. The molecule has 2 aliphatic rings. The van der Waals surface area contributed by atoms with Crippen LogP contribution in [0.3, 0.4) is 0 Å². The number of unbranched alkanes of at least 4 members (excludes halogenated alkanes) is 32. The van der Waals surface area contributed by atoms with Crippen molar-refractivity contribution in [1.29, 1.82) is 0 Å². The molecular weight excluding hydrogens is 1030 g/mol. The third kappa shape index (κ3) is 37.0. The van der Waals surface area contributed by atoms with E-state index in [1.165, 1.54) is 167 Å². The Balaban J connectivity index is 1.73. The van der Waals surface area contributed by atoms with Crippen molar-refractivity contribution in [1.82, 2.24) is 5.32 Å². The first-order valence-corrected chi connectivity index (χ1v) is 33.0. The van der Waals surface area contributed by atoms with Crippen LogP contribution < -0.4 is 5.32 Å². The molecule has 12 unspecified atom stereocenters. The summed E-state index contributed by atoms with van der Waals surface area (Å²) < 4.78 is 22.8. The van der Waals surface area contributed by atoms with E-state index < -0.39 is 86.8 Å². The van der Waals surface area contributed by atoms with Crippen LogP contribution >= 0.6 is 0 Å². The largest absolute Gasteiger partial charge is 0.394 e. The van der Waals surface area contributed by atoms with Gasteiger partial charge >= 0.3 is 0 Å². The van der Waals surface area contributed by atoms with Gasteiger partial charge < -0.3 is 65.1 Å². The Morgan fingerprint density at radius 1 is 0.444 bits per heavy atom. The molecule has 472 valence electrons. The maximum absolute atomic E-state index is 13.3. The van der Waals surface area contributed by atoms with Crippen LogP contribution in [0.4, 0.5) is 0 Å². The van der Waals surface area contributed by atoms with E-state index in [9.17, 15) is 45.6 Å². The standard InChI is InChI=1S/C67H121NO13/c1-3-5-7-9-11-13-15-17-19-21-23-24-25-26-27-28-29-30-31-32-33-34-36-38-40-42-44-46-48-50-56(71)55(68-59(72)51-49-47-45-43-41-39-37-35-22-20-18-16-14-12-10-8-6-4-2)54-78-66-64(77)62(75)65(58(53-70)80-66)81-67-63(76)61(74)60(73)57(52-69)79-67/h14,16,20,22,33-34,40,42,48,50,55-58,60-67,69-71,73-77H,3-13,15,17-19,21,23-32,35-39,41,43-47,49,51-54H2,1-2H3,(H,68,72)/b16-14-,22-20-,34-33+,42-40+,50-48+. The summed E-state index contributed by atoms with van der Waals surface area (Å²) in [6, 6.07) is -0.945. The molecule has 9 N–H and O–H groups in total. The number of hydrogen-bond donors (Lipinski definition) is 9. The van der Waals surface area contributed by atoms with Gasteiger partial charge in [0.2, 0.25) is 5.91 Å². The zero-order valence-electron chi connectivity index (χ0n) is 51.0. The van der Waals surface area contributed by atoms with Crippen molar-refractivity contribution in [2.75, 3.05) is 19.8 Å². The van der Waals surface area contributed by atoms with Gasteiger partial charge in [0.05, 0.1) is 32.0 Å². The minimum atomic E-state index is -1.80. The summed E-state index contributed by atoms with van der Waals surface area (Å²) in [5.74, 6) is -0.261. The molecule has 0 aromatic heterocycles. The molecule has 0 aromatic carbocycles. The average molecular weight is 1150 g/mol. The topological polar surface area (TPSA) is 228 Å². The Bertz CT molecular complexity index is 1590. The predicted molar refractivity (Wildman–Crippen MR) is 327 cm³/mol. The Hall–Kier alpha value is -2.31. The molecule has 0 aromatic rings. The van der Waals surface area contributed by atoms with Gasteiger partial charge in [0, 0.05) is 6.42 Å². The van der Waals surface area contributed by atoms with Crippen molar-refractivity contribution in [3.8, 4) is 0 Å². The van der Waals surface area contributed by atoms with E-state index in [0.29, 0.717) is 12.8 Å². The number of nitrogens with one attached hydrogen (secondary N) is 1. The summed E-state index contributed by atoms with van der Waals surface area (Å²) in [6.07, 6.45) is 51.3. The first kappa shape index (κ1) is 74.8. The Morgan fingerprint density at radius 3 is 1.30 bits per heavy atom. The van der Waals surface area contributed by atoms with Crippen LogP contribution in [0.15, 0.2) is 60.8 Å². The smallest absolute Gasteiger partial charge is 0.220 e. The molecule has 0 radical (unpaired) electrons. The second-order valence-electron chi connectivity index (χ2n) is 23.2. The number of hydrogen-bond acceptors (Lipinski definition) is 13. The minimum Gasteiger partial charge on any atom is -0.394 e. The van der Waals surface area contributed by atoms with Gasteiger partial charge in [0.15, 0.2) is 12.6 Å². The summed E-state index contributed by atoms with van der Waals surface area (Å²) in [4.78, 5) is 13.3. The highest BCUT2D eigenvalue weighted by atomic mass is 16.7. The van der Waals surface area contributed by atoms with Gasteiger partial charge in [-0.2, -0.15) is 0 Å². The molecular formula is C67H121NO13. The SMILES string of the molecule is CCCCCC/C=C\C/C=C\CCCCCCCCCC(=O)NC(COC1OC(CO)C(OC2OC(CO)C(O)C(O)C2O)C(O)C1O)C(O)/C=C/CC/C=C/CC/C=C/CCCCCCCCCCCCCCCCCCCCC. The highest BCUT2D eigenvalue weighted by molar-refractivity contribution is 5.76. The van der Waals surface area contributed by atoms with Crippen molar-refractivity contribution >= 4 is 5.91 Å². The summed E-state index contributed by atoms with van der Waals surface area (Å²) in [6.45, 7) is 2.77. The molecule has 12 atom stereocenters. The lowest BCUT2D eigenvalue weighted by Gasteiger charge is -2.46. The molecule has 14 nitrogen and oxygen atoms in total. The normalized spacial score (nSPS) is 24.5. The summed E-state index contributed by atoms with van der Waals surface area (Å²) >= 11 is 0. The number of carbonyl (C=O) groups is 1. The van der Waals surface area contributed by atoms with E-state index in [0.717, 1.165) is 64.2 Å². The molecule has 2 heterocycles. The summed E-state index contributed by atoms with van der Waals surface area (Å²) in [7, 11) is 0. The number of allylic oxidation sites excluding steroid dienone is 9. The number of ether oxygens (including phenoxy) is 4. The van der Waals surface area contributed by atoms with Crippen LogP contribution in [0.5, 0.6) is 0 Å². The highest BCUT2D eigenvalue weighted by Gasteiger charge is 2.51. The van der Waals surface area contributed by atoms with Crippen molar-refractivity contribution in [3.63, 3.8) is 0 Å². The van der Waals surface area contributed by atoms with Crippen LogP contribution in [0, 0.1) is 0 Å². The minimum absolute atomic E-state index is 0.259. The monoisotopic (exact) mass is 1150 g/mol. The quantitative estimate of drug-likeness (QED) is 0.0204. The molecule has 81 heavy (non-hydrogen) atoms. The van der Waals surface area contributed by atoms with Gasteiger partial charge in [-0.15, -0.1) is 0 Å². The van der Waals surface area contributed by atoms with Crippen molar-refractivity contribution in [2.24, 2.45) is 0 Å². The molecule has 0 aliphatic carbocycles. The molecule has 2 rings (SSSR count). The van der Waals surface area contributed by atoms with Crippen LogP contribution in [-0.4, -0.2) is 140 Å². The Morgan fingerprint density at radius 2 is 0.827 bits per heavy atom. The lowest BCUT2D eigenvalue weighted by molar-refractivity contribution is -0.359. The lowest BCUT2D eigenvalue weighted by Crippen LogP contribution is -2.65. The number of amides is 1. The fourth-order valence-electron chi connectivity index (χ4n) is 10.6. The van der Waals surface area contributed by atoms with Crippen molar-refractivity contribution < 1.29 is 64.6 Å². The Kier molecular flexibility index (Phi) is 48.1. The number of carbonyl (C=O) groups excluding carboxylic acids is 1. The van der Waals surface area contributed by atoms with Gasteiger partial charge in [-0.05, 0) is 77.0 Å². The summed E-state index contributed by atoms with van der Waals surface area (Å²) in [5.41, 5.74) is 0. The van der Waals surface area contributed by atoms with Crippen molar-refractivity contribution in [3.05, 3.63) is 60.8 Å². The summed E-state index contributed by atoms with van der Waals surface area (Å²) in [5, 5.41) is 87.2. The predicted octanol–water partition coefficient (Wildman–Crippen LogP) is 12.5. The molecule has 2 aliphatic heterocycles. The van der Waals surface area contributed by atoms with Crippen LogP contribution in [-0.2, 0) is 23.7 Å². The first-order valence-electron chi connectivity index (χ1n) is 33.0. The first-order chi connectivity index (χ1) is 39.6. The van der Waals surface area contributed by atoms with Crippen molar-refractivity contribution in [2.45, 2.75) is 338 Å². The van der Waals surface area contributed by atoms with Gasteiger partial charge in [0.1, 0.15) is 48.8 Å².